The van der Waals surface area contributed by atoms with E-state index in [1.165, 1.54) is 23.1 Å². The molecule has 0 radical (unpaired) electrons. The summed E-state index contributed by atoms with van der Waals surface area (Å²) < 4.78 is 6.43. The van der Waals surface area contributed by atoms with Gasteiger partial charge in [0.25, 0.3) is 5.22 Å². The van der Waals surface area contributed by atoms with Crippen molar-refractivity contribution in [3.63, 3.8) is 0 Å². The van der Waals surface area contributed by atoms with Gasteiger partial charge in [-0.2, -0.15) is 0 Å². The Kier molecular flexibility index (Phi) is 6.05. The molecule has 25 heavy (non-hydrogen) atoms. The number of thioether (sulfide) groups is 2. The number of benzene rings is 1. The molecule has 130 valence electrons. The fourth-order valence-corrected chi connectivity index (χ4v) is 4.12. The first kappa shape index (κ1) is 17.9. The Balaban J connectivity index is 1.54. The highest BCUT2D eigenvalue weighted by Crippen LogP contribution is 2.26. The minimum absolute atomic E-state index is 0.158. The van der Waals surface area contributed by atoms with E-state index < -0.39 is 0 Å². The summed E-state index contributed by atoms with van der Waals surface area (Å²) in [7, 11) is 0. The van der Waals surface area contributed by atoms with Crippen LogP contribution in [0.4, 0.5) is 5.13 Å². The SMILES string of the molecule is CCSc1nnc(NC(=O)CSc2nnc(-c3cccc(C)c3)o2)s1. The molecule has 2 aromatic heterocycles. The molecule has 0 fully saturated rings. The molecule has 1 amide bonds. The molecule has 0 aliphatic carbocycles. The van der Waals surface area contributed by atoms with Crippen LogP contribution in [-0.2, 0) is 4.79 Å². The lowest BCUT2D eigenvalue weighted by atomic mass is 10.1. The van der Waals surface area contributed by atoms with Gasteiger partial charge in [0.1, 0.15) is 0 Å². The Labute approximate surface area is 157 Å². The van der Waals surface area contributed by atoms with E-state index >= 15 is 0 Å². The molecule has 7 nitrogen and oxygen atoms in total. The van der Waals surface area contributed by atoms with Crippen LogP contribution in [0, 0.1) is 6.92 Å². The predicted octanol–water partition coefficient (Wildman–Crippen LogP) is 3.74. The van der Waals surface area contributed by atoms with Gasteiger partial charge in [0.2, 0.25) is 16.9 Å². The Bertz CT molecular complexity index is 864. The van der Waals surface area contributed by atoms with Crippen molar-refractivity contribution < 1.29 is 9.21 Å². The molecule has 1 N–H and O–H groups in total. The first-order valence-electron chi connectivity index (χ1n) is 7.43. The molecule has 3 aromatic rings. The molecule has 2 heterocycles. The zero-order chi connectivity index (χ0) is 17.6. The number of hydrogen-bond acceptors (Lipinski definition) is 9. The number of aromatic nitrogens is 4. The van der Waals surface area contributed by atoms with Crippen molar-refractivity contribution in [2.75, 3.05) is 16.8 Å². The number of aryl methyl sites for hydroxylation is 1. The molecule has 0 saturated heterocycles. The maximum atomic E-state index is 12.0. The summed E-state index contributed by atoms with van der Waals surface area (Å²) in [6.07, 6.45) is 0. The fraction of sp³-hybridized carbons (Fsp3) is 0.267. The topological polar surface area (TPSA) is 93.8 Å². The fourth-order valence-electron chi connectivity index (χ4n) is 1.89. The second-order valence-corrected chi connectivity index (χ2v) is 8.30. The van der Waals surface area contributed by atoms with Crippen LogP contribution in [0.3, 0.4) is 0 Å². The molecule has 10 heteroatoms. The van der Waals surface area contributed by atoms with Gasteiger partial charge in [-0.05, 0) is 24.8 Å². The Morgan fingerprint density at radius 3 is 2.92 bits per heavy atom. The van der Waals surface area contributed by atoms with Crippen LogP contribution >= 0.6 is 34.9 Å². The number of amides is 1. The lowest BCUT2D eigenvalue weighted by Crippen LogP contribution is -2.13. The highest BCUT2D eigenvalue weighted by Gasteiger charge is 2.13. The molecule has 0 aliphatic rings. The Hall–Kier alpha value is -1.91. The van der Waals surface area contributed by atoms with Gasteiger partial charge in [-0.3, -0.25) is 10.1 Å². The zero-order valence-corrected chi connectivity index (χ0v) is 16.0. The van der Waals surface area contributed by atoms with Crippen LogP contribution in [0.5, 0.6) is 0 Å². The molecule has 3 rings (SSSR count). The summed E-state index contributed by atoms with van der Waals surface area (Å²) in [5, 5.41) is 19.5. The van der Waals surface area contributed by atoms with Gasteiger partial charge in [-0.1, -0.05) is 59.5 Å². The largest absolute Gasteiger partial charge is 0.411 e. The smallest absolute Gasteiger partial charge is 0.277 e. The summed E-state index contributed by atoms with van der Waals surface area (Å²) in [5.41, 5.74) is 1.97. The second kappa shape index (κ2) is 8.45. The maximum Gasteiger partial charge on any atom is 0.277 e. The Morgan fingerprint density at radius 1 is 1.24 bits per heavy atom. The van der Waals surface area contributed by atoms with Crippen molar-refractivity contribution in [2.24, 2.45) is 0 Å². The lowest BCUT2D eigenvalue weighted by Gasteiger charge is -1.98. The van der Waals surface area contributed by atoms with Crippen molar-refractivity contribution in [1.29, 1.82) is 0 Å². The first-order chi connectivity index (χ1) is 12.1. The third kappa shape index (κ3) is 5.03. The van der Waals surface area contributed by atoms with E-state index in [-0.39, 0.29) is 11.7 Å². The van der Waals surface area contributed by atoms with Crippen LogP contribution < -0.4 is 5.32 Å². The molecular formula is C15H15N5O2S3. The van der Waals surface area contributed by atoms with Gasteiger partial charge in [0, 0.05) is 5.56 Å². The van der Waals surface area contributed by atoms with E-state index in [4.69, 9.17) is 4.42 Å². The van der Waals surface area contributed by atoms with E-state index in [0.717, 1.165) is 21.2 Å². The standard InChI is InChI=1S/C15H15N5O2S3/c1-3-23-15-20-18-13(25-15)16-11(21)8-24-14-19-17-12(22-14)10-6-4-5-9(2)7-10/h4-7H,3,8H2,1-2H3,(H,16,18,21). The van der Waals surface area contributed by atoms with Gasteiger partial charge >= 0.3 is 0 Å². The number of hydrogen-bond donors (Lipinski definition) is 1. The molecule has 0 atom stereocenters. The van der Waals surface area contributed by atoms with Gasteiger partial charge < -0.3 is 4.42 Å². The number of carbonyl (C=O) groups is 1. The number of nitrogens with zero attached hydrogens (tertiary/aromatic N) is 4. The van der Waals surface area contributed by atoms with Crippen LogP contribution in [0.1, 0.15) is 12.5 Å². The van der Waals surface area contributed by atoms with Crippen LogP contribution in [0.15, 0.2) is 38.2 Å². The van der Waals surface area contributed by atoms with E-state index in [2.05, 4.69) is 25.7 Å². The van der Waals surface area contributed by atoms with Crippen molar-refractivity contribution >= 4 is 45.9 Å². The Morgan fingerprint density at radius 2 is 2.12 bits per heavy atom. The van der Waals surface area contributed by atoms with Crippen LogP contribution in [0.2, 0.25) is 0 Å². The monoisotopic (exact) mass is 393 g/mol. The second-order valence-electron chi connectivity index (χ2n) is 4.89. The molecule has 0 aliphatic heterocycles. The van der Waals surface area contributed by atoms with E-state index in [1.54, 1.807) is 11.8 Å². The maximum absolute atomic E-state index is 12.0. The summed E-state index contributed by atoms with van der Waals surface area (Å²) in [5.74, 6) is 1.32. The summed E-state index contributed by atoms with van der Waals surface area (Å²) >= 11 is 4.13. The zero-order valence-electron chi connectivity index (χ0n) is 13.6. The highest BCUT2D eigenvalue weighted by molar-refractivity contribution is 8.01. The average molecular weight is 394 g/mol. The summed E-state index contributed by atoms with van der Waals surface area (Å²) in [6.45, 7) is 4.04. The van der Waals surface area contributed by atoms with Crippen LogP contribution in [0.25, 0.3) is 11.5 Å². The normalized spacial score (nSPS) is 10.8. The van der Waals surface area contributed by atoms with Crippen molar-refractivity contribution in [2.45, 2.75) is 23.4 Å². The molecule has 0 unspecified atom stereocenters. The van der Waals surface area contributed by atoms with Crippen molar-refractivity contribution in [1.82, 2.24) is 20.4 Å². The summed E-state index contributed by atoms with van der Waals surface area (Å²) in [6, 6.07) is 7.80. The van der Waals surface area contributed by atoms with E-state index in [9.17, 15) is 4.79 Å². The number of rotatable bonds is 7. The molecule has 1 aromatic carbocycles. The van der Waals surface area contributed by atoms with Gasteiger partial charge in [0.15, 0.2) is 4.34 Å². The highest BCUT2D eigenvalue weighted by atomic mass is 32.2. The third-order valence-corrected chi connectivity index (χ3v) is 5.59. The summed E-state index contributed by atoms with van der Waals surface area (Å²) in [4.78, 5) is 12.0. The number of carbonyl (C=O) groups excluding carboxylic acids is 1. The molecule has 0 bridgehead atoms. The van der Waals surface area contributed by atoms with Crippen molar-refractivity contribution in [3.8, 4) is 11.5 Å². The molecule has 0 spiro atoms. The minimum Gasteiger partial charge on any atom is -0.411 e. The predicted molar refractivity (Wildman–Crippen MR) is 100 cm³/mol. The first-order valence-corrected chi connectivity index (χ1v) is 10.2. The number of anilines is 1. The molecule has 0 saturated carbocycles. The average Bonchev–Trinajstić information content (AvgIpc) is 3.23. The van der Waals surface area contributed by atoms with Gasteiger partial charge in [-0.25, -0.2) is 0 Å². The lowest BCUT2D eigenvalue weighted by molar-refractivity contribution is -0.113. The van der Waals surface area contributed by atoms with Gasteiger partial charge in [0.05, 0.1) is 5.75 Å². The van der Waals surface area contributed by atoms with E-state index in [1.807, 2.05) is 38.1 Å². The van der Waals surface area contributed by atoms with E-state index in [0.29, 0.717) is 16.2 Å². The van der Waals surface area contributed by atoms with Gasteiger partial charge in [-0.15, -0.1) is 20.4 Å². The van der Waals surface area contributed by atoms with Crippen molar-refractivity contribution in [3.05, 3.63) is 29.8 Å². The number of nitrogens with one attached hydrogen (secondary N) is 1. The minimum atomic E-state index is -0.190. The molecular weight excluding hydrogens is 378 g/mol. The third-order valence-electron chi connectivity index (χ3n) is 2.92. The van der Waals surface area contributed by atoms with Crippen LogP contribution in [-0.4, -0.2) is 37.8 Å². The quantitative estimate of drug-likeness (QED) is 0.479.